The topological polar surface area (TPSA) is 51.0 Å². The summed E-state index contributed by atoms with van der Waals surface area (Å²) in [7, 11) is 0. The van der Waals surface area contributed by atoms with E-state index in [9.17, 15) is 0 Å². The lowest BCUT2D eigenvalue weighted by molar-refractivity contribution is 0.346. The molecule has 4 heteroatoms. The normalized spacial score (nSPS) is 14.1. The predicted molar refractivity (Wildman–Crippen MR) is 64.3 cm³/mol. The Morgan fingerprint density at radius 1 is 1.38 bits per heavy atom. The summed E-state index contributed by atoms with van der Waals surface area (Å²) in [5, 5.41) is 7.32. The van der Waals surface area contributed by atoms with Gasteiger partial charge in [-0.15, -0.1) is 0 Å². The van der Waals surface area contributed by atoms with Crippen LogP contribution in [0.15, 0.2) is 4.52 Å². The smallest absolute Gasteiger partial charge is 0.228 e. The first kappa shape index (κ1) is 13.2. The summed E-state index contributed by atoms with van der Waals surface area (Å²) in [6.45, 7) is 11.7. The molecule has 0 saturated carbocycles. The lowest BCUT2D eigenvalue weighted by Crippen LogP contribution is -2.27. The molecular formula is C12H23N3O. The van der Waals surface area contributed by atoms with Crippen molar-refractivity contribution in [1.82, 2.24) is 15.5 Å². The fraction of sp³-hybridized carbons (Fsp3) is 0.833. The molecule has 1 aromatic rings. The minimum atomic E-state index is 0.203. The highest BCUT2D eigenvalue weighted by Crippen LogP contribution is 2.18. The van der Waals surface area contributed by atoms with E-state index in [0.29, 0.717) is 6.04 Å². The van der Waals surface area contributed by atoms with Gasteiger partial charge in [-0.05, 0) is 18.9 Å². The average molecular weight is 225 g/mol. The summed E-state index contributed by atoms with van der Waals surface area (Å²) in [5.41, 5.74) is 0.203. The van der Waals surface area contributed by atoms with E-state index in [0.717, 1.165) is 31.1 Å². The van der Waals surface area contributed by atoms with Gasteiger partial charge in [0.15, 0.2) is 5.82 Å². The van der Waals surface area contributed by atoms with Crippen molar-refractivity contribution < 1.29 is 4.52 Å². The predicted octanol–water partition coefficient (Wildman–Crippen LogP) is 2.20. The van der Waals surface area contributed by atoms with Gasteiger partial charge in [-0.1, -0.05) is 32.9 Å². The van der Waals surface area contributed by atoms with Gasteiger partial charge >= 0.3 is 0 Å². The first-order chi connectivity index (χ1) is 7.40. The molecule has 1 atom stereocenters. The first-order valence-electron chi connectivity index (χ1n) is 5.95. The first-order valence-corrected chi connectivity index (χ1v) is 5.95. The zero-order valence-corrected chi connectivity index (χ0v) is 11.0. The Kier molecular flexibility index (Phi) is 4.47. The summed E-state index contributed by atoms with van der Waals surface area (Å²) < 4.78 is 5.23. The molecule has 1 aromatic heterocycles. The highest BCUT2D eigenvalue weighted by molar-refractivity contribution is 4.91. The lowest BCUT2D eigenvalue weighted by atomic mass is 9.92. The number of hydrogen-bond acceptors (Lipinski definition) is 4. The number of likely N-dealkylation sites (N-methyl/N-ethyl adjacent to an activating group) is 1. The molecule has 0 saturated heterocycles. The van der Waals surface area contributed by atoms with Crippen molar-refractivity contribution in [3.05, 3.63) is 11.7 Å². The van der Waals surface area contributed by atoms with Crippen molar-refractivity contribution in [1.29, 1.82) is 0 Å². The number of hydrogen-bond donors (Lipinski definition) is 1. The highest BCUT2D eigenvalue weighted by Gasteiger charge is 2.16. The van der Waals surface area contributed by atoms with Crippen LogP contribution in [-0.4, -0.2) is 22.7 Å². The van der Waals surface area contributed by atoms with E-state index >= 15 is 0 Å². The molecule has 92 valence electrons. The lowest BCUT2D eigenvalue weighted by Gasteiger charge is -2.14. The second kappa shape index (κ2) is 5.43. The molecule has 0 aromatic carbocycles. The van der Waals surface area contributed by atoms with Crippen molar-refractivity contribution >= 4 is 0 Å². The van der Waals surface area contributed by atoms with Gasteiger partial charge in [0, 0.05) is 18.9 Å². The Hall–Kier alpha value is -0.900. The molecule has 0 spiro atoms. The maximum absolute atomic E-state index is 5.23. The Morgan fingerprint density at radius 3 is 2.62 bits per heavy atom. The summed E-state index contributed by atoms with van der Waals surface area (Å²) in [5.74, 6) is 1.54. The van der Waals surface area contributed by atoms with E-state index in [2.05, 4.69) is 50.1 Å². The molecule has 16 heavy (non-hydrogen) atoms. The molecule has 0 aliphatic heterocycles. The molecule has 0 aliphatic carbocycles. The van der Waals surface area contributed by atoms with Gasteiger partial charge < -0.3 is 9.84 Å². The van der Waals surface area contributed by atoms with Crippen LogP contribution in [0.1, 0.15) is 46.3 Å². The van der Waals surface area contributed by atoms with Crippen LogP contribution in [0.3, 0.4) is 0 Å². The zero-order chi connectivity index (χ0) is 12.2. The third-order valence-electron chi connectivity index (χ3n) is 2.23. The summed E-state index contributed by atoms with van der Waals surface area (Å²) in [4.78, 5) is 4.40. The van der Waals surface area contributed by atoms with Crippen molar-refractivity contribution in [2.45, 2.75) is 53.5 Å². The van der Waals surface area contributed by atoms with E-state index in [1.165, 1.54) is 0 Å². The molecule has 0 radical (unpaired) electrons. The van der Waals surface area contributed by atoms with Gasteiger partial charge in [0.2, 0.25) is 5.89 Å². The van der Waals surface area contributed by atoms with Crippen molar-refractivity contribution in [3.63, 3.8) is 0 Å². The fourth-order valence-electron chi connectivity index (χ4n) is 1.60. The van der Waals surface area contributed by atoms with Crippen LogP contribution in [0.2, 0.25) is 0 Å². The zero-order valence-electron chi connectivity index (χ0n) is 11.0. The quantitative estimate of drug-likeness (QED) is 0.834. The van der Waals surface area contributed by atoms with E-state index < -0.39 is 0 Å². The Bertz CT molecular complexity index is 314. The van der Waals surface area contributed by atoms with Gasteiger partial charge in [-0.2, -0.15) is 4.98 Å². The van der Waals surface area contributed by atoms with Crippen LogP contribution < -0.4 is 5.32 Å². The van der Waals surface area contributed by atoms with Crippen LogP contribution in [0, 0.1) is 5.41 Å². The molecule has 1 heterocycles. The standard InChI is InChI=1S/C12H23N3O/c1-6-13-9(2)7-11-14-10(15-16-11)8-12(3,4)5/h9,13H,6-8H2,1-5H3. The maximum Gasteiger partial charge on any atom is 0.228 e. The minimum Gasteiger partial charge on any atom is -0.339 e. The second-order valence-corrected chi connectivity index (χ2v) is 5.50. The summed E-state index contributed by atoms with van der Waals surface area (Å²) in [6, 6.07) is 0.382. The maximum atomic E-state index is 5.23. The Labute approximate surface area is 97.8 Å². The van der Waals surface area contributed by atoms with Gasteiger partial charge in [0.05, 0.1) is 0 Å². The van der Waals surface area contributed by atoms with E-state index in [1.54, 1.807) is 0 Å². The number of aromatic nitrogens is 2. The van der Waals surface area contributed by atoms with E-state index in [1.807, 2.05) is 0 Å². The molecule has 4 nitrogen and oxygen atoms in total. The summed E-state index contributed by atoms with van der Waals surface area (Å²) >= 11 is 0. The summed E-state index contributed by atoms with van der Waals surface area (Å²) in [6.07, 6.45) is 1.65. The molecule has 0 amide bonds. The molecule has 1 rings (SSSR count). The van der Waals surface area contributed by atoms with Gasteiger partial charge in [-0.25, -0.2) is 0 Å². The average Bonchev–Trinajstić information content (AvgIpc) is 2.49. The van der Waals surface area contributed by atoms with Crippen molar-refractivity contribution in [2.24, 2.45) is 5.41 Å². The molecule has 1 N–H and O–H groups in total. The molecule has 0 fully saturated rings. The Morgan fingerprint density at radius 2 is 2.06 bits per heavy atom. The van der Waals surface area contributed by atoms with Crippen molar-refractivity contribution in [3.8, 4) is 0 Å². The third kappa shape index (κ3) is 4.75. The van der Waals surface area contributed by atoms with Crippen LogP contribution in [-0.2, 0) is 12.8 Å². The van der Waals surface area contributed by atoms with Crippen LogP contribution in [0.4, 0.5) is 0 Å². The van der Waals surface area contributed by atoms with E-state index in [-0.39, 0.29) is 5.41 Å². The third-order valence-corrected chi connectivity index (χ3v) is 2.23. The van der Waals surface area contributed by atoms with Gasteiger partial charge in [-0.3, -0.25) is 0 Å². The van der Waals surface area contributed by atoms with Crippen LogP contribution >= 0.6 is 0 Å². The number of nitrogens with zero attached hydrogens (tertiary/aromatic N) is 2. The van der Waals surface area contributed by atoms with Crippen LogP contribution in [0.25, 0.3) is 0 Å². The minimum absolute atomic E-state index is 0.203. The molecule has 1 unspecified atom stereocenters. The Balaban J connectivity index is 2.51. The monoisotopic (exact) mass is 225 g/mol. The second-order valence-electron chi connectivity index (χ2n) is 5.50. The number of nitrogens with one attached hydrogen (secondary N) is 1. The van der Waals surface area contributed by atoms with Gasteiger partial charge in [0.25, 0.3) is 0 Å². The van der Waals surface area contributed by atoms with Gasteiger partial charge in [0.1, 0.15) is 0 Å². The van der Waals surface area contributed by atoms with Crippen LogP contribution in [0.5, 0.6) is 0 Å². The van der Waals surface area contributed by atoms with Crippen molar-refractivity contribution in [2.75, 3.05) is 6.54 Å². The molecule has 0 bridgehead atoms. The SMILES string of the molecule is CCNC(C)Cc1nc(CC(C)(C)C)no1. The van der Waals surface area contributed by atoms with E-state index in [4.69, 9.17) is 4.52 Å². The largest absolute Gasteiger partial charge is 0.339 e. The molecular weight excluding hydrogens is 202 g/mol. The number of rotatable bonds is 5. The molecule has 0 aliphatic rings. The fourth-order valence-corrected chi connectivity index (χ4v) is 1.60. The highest BCUT2D eigenvalue weighted by atomic mass is 16.5.